The van der Waals surface area contributed by atoms with Crippen molar-refractivity contribution in [1.29, 1.82) is 0 Å². The number of halogens is 2. The maximum absolute atomic E-state index is 6.25. The Kier molecular flexibility index (Phi) is 4.32. The molecule has 0 amide bonds. The Bertz CT molecular complexity index is 482. The highest BCUT2D eigenvalue weighted by molar-refractivity contribution is 7.09. The van der Waals surface area contributed by atoms with Crippen molar-refractivity contribution in [3.63, 3.8) is 0 Å². The van der Waals surface area contributed by atoms with Gasteiger partial charge in [-0.2, -0.15) is 0 Å². The minimum Gasteiger partial charge on any atom is -0.368 e. The second-order valence-corrected chi connectivity index (χ2v) is 5.52. The van der Waals surface area contributed by atoms with Gasteiger partial charge in [0.15, 0.2) is 0 Å². The largest absolute Gasteiger partial charge is 0.368 e. The molecule has 2 rings (SSSR count). The number of anilines is 1. The predicted molar refractivity (Wildman–Crippen MR) is 77.4 cm³/mol. The first kappa shape index (κ1) is 12.7. The van der Waals surface area contributed by atoms with E-state index in [1.165, 1.54) is 4.88 Å². The van der Waals surface area contributed by atoms with Crippen molar-refractivity contribution >= 4 is 40.2 Å². The highest BCUT2D eigenvalue weighted by Gasteiger charge is 2.11. The van der Waals surface area contributed by atoms with Crippen LogP contribution in [0.25, 0.3) is 0 Å². The molecule has 0 unspecified atom stereocenters. The first-order chi connectivity index (χ1) is 8.22. The standard InChI is InChI=1S/C13H13Cl2NS/c1-16(9-11-5-3-7-17-11)13-10(8-14)4-2-6-12(13)15/h2-7H,8-9H2,1H3. The number of hydrogen-bond acceptors (Lipinski definition) is 2. The van der Waals surface area contributed by atoms with Crippen LogP contribution in [0.2, 0.25) is 5.02 Å². The molecule has 17 heavy (non-hydrogen) atoms. The van der Waals surface area contributed by atoms with Crippen molar-refractivity contribution in [2.45, 2.75) is 12.4 Å². The Morgan fingerprint density at radius 2 is 2.06 bits per heavy atom. The van der Waals surface area contributed by atoms with Crippen LogP contribution in [0.4, 0.5) is 5.69 Å². The molecule has 0 atom stereocenters. The van der Waals surface area contributed by atoms with Gasteiger partial charge in [-0.25, -0.2) is 0 Å². The summed E-state index contributed by atoms with van der Waals surface area (Å²) in [4.78, 5) is 3.46. The third-order valence-corrected chi connectivity index (χ3v) is 4.02. The van der Waals surface area contributed by atoms with Gasteiger partial charge in [-0.1, -0.05) is 29.8 Å². The first-order valence-corrected chi connectivity index (χ1v) is 7.08. The SMILES string of the molecule is CN(Cc1cccs1)c1c(Cl)cccc1CCl. The highest BCUT2D eigenvalue weighted by Crippen LogP contribution is 2.31. The molecule has 1 aromatic carbocycles. The van der Waals surface area contributed by atoms with Gasteiger partial charge in [-0.05, 0) is 23.1 Å². The summed E-state index contributed by atoms with van der Waals surface area (Å²) in [5.74, 6) is 0.477. The smallest absolute Gasteiger partial charge is 0.0642 e. The van der Waals surface area contributed by atoms with Crippen molar-refractivity contribution in [3.8, 4) is 0 Å². The van der Waals surface area contributed by atoms with Crippen LogP contribution in [-0.2, 0) is 12.4 Å². The van der Waals surface area contributed by atoms with Crippen LogP contribution in [0, 0.1) is 0 Å². The molecular weight excluding hydrogens is 273 g/mol. The summed E-state index contributed by atoms with van der Waals surface area (Å²) in [6, 6.07) is 10.0. The molecule has 0 bridgehead atoms. The summed E-state index contributed by atoms with van der Waals surface area (Å²) in [5.41, 5.74) is 2.09. The van der Waals surface area contributed by atoms with E-state index in [0.717, 1.165) is 22.8 Å². The minimum atomic E-state index is 0.477. The second-order valence-electron chi connectivity index (χ2n) is 3.82. The first-order valence-electron chi connectivity index (χ1n) is 5.29. The van der Waals surface area contributed by atoms with Crippen molar-refractivity contribution < 1.29 is 0 Å². The fourth-order valence-electron chi connectivity index (χ4n) is 1.81. The number of benzene rings is 1. The number of thiophene rings is 1. The molecule has 0 saturated heterocycles. The topological polar surface area (TPSA) is 3.24 Å². The molecule has 0 aliphatic rings. The summed E-state index contributed by atoms with van der Waals surface area (Å²) in [7, 11) is 2.04. The fraction of sp³-hybridized carbons (Fsp3) is 0.231. The number of nitrogens with zero attached hydrogens (tertiary/aromatic N) is 1. The second kappa shape index (κ2) is 5.76. The lowest BCUT2D eigenvalue weighted by Gasteiger charge is -2.22. The molecule has 2 aromatic rings. The Morgan fingerprint density at radius 3 is 2.71 bits per heavy atom. The molecule has 0 N–H and O–H groups in total. The average Bonchev–Trinajstić information content (AvgIpc) is 2.81. The third-order valence-electron chi connectivity index (χ3n) is 2.57. The van der Waals surface area contributed by atoms with Crippen molar-refractivity contribution in [1.82, 2.24) is 0 Å². The lowest BCUT2D eigenvalue weighted by atomic mass is 10.2. The number of para-hydroxylation sites is 1. The Hall–Kier alpha value is -0.700. The van der Waals surface area contributed by atoms with Crippen LogP contribution in [-0.4, -0.2) is 7.05 Å². The molecule has 4 heteroatoms. The van der Waals surface area contributed by atoms with Crippen LogP contribution in [0.5, 0.6) is 0 Å². The molecule has 0 aliphatic carbocycles. The summed E-state index contributed by atoms with van der Waals surface area (Å²) >= 11 is 13.9. The van der Waals surface area contributed by atoms with Crippen molar-refractivity contribution in [2.24, 2.45) is 0 Å². The fourth-order valence-corrected chi connectivity index (χ4v) is 3.12. The van der Waals surface area contributed by atoms with E-state index in [4.69, 9.17) is 23.2 Å². The number of rotatable bonds is 4. The Morgan fingerprint density at radius 1 is 1.24 bits per heavy atom. The van der Waals surface area contributed by atoms with Crippen LogP contribution >= 0.6 is 34.5 Å². The van der Waals surface area contributed by atoms with E-state index in [9.17, 15) is 0 Å². The van der Waals surface area contributed by atoms with Gasteiger partial charge in [-0.15, -0.1) is 22.9 Å². The monoisotopic (exact) mass is 285 g/mol. The number of hydrogen-bond donors (Lipinski definition) is 0. The van der Waals surface area contributed by atoms with E-state index in [-0.39, 0.29) is 0 Å². The van der Waals surface area contributed by atoms with Gasteiger partial charge in [0.05, 0.1) is 17.3 Å². The molecule has 1 heterocycles. The van der Waals surface area contributed by atoms with Gasteiger partial charge >= 0.3 is 0 Å². The number of alkyl halides is 1. The normalized spacial score (nSPS) is 10.5. The van der Waals surface area contributed by atoms with Gasteiger partial charge < -0.3 is 4.90 Å². The molecule has 0 spiro atoms. The van der Waals surface area contributed by atoms with E-state index in [1.54, 1.807) is 11.3 Å². The summed E-state index contributed by atoms with van der Waals surface area (Å²) in [5, 5.41) is 2.83. The summed E-state index contributed by atoms with van der Waals surface area (Å²) in [6.45, 7) is 0.852. The van der Waals surface area contributed by atoms with Crippen LogP contribution in [0.15, 0.2) is 35.7 Å². The zero-order valence-electron chi connectivity index (χ0n) is 9.49. The lowest BCUT2D eigenvalue weighted by molar-refractivity contribution is 0.932. The van der Waals surface area contributed by atoms with Crippen molar-refractivity contribution in [3.05, 3.63) is 51.2 Å². The molecule has 1 aromatic heterocycles. The molecule has 0 fully saturated rings. The third kappa shape index (κ3) is 2.95. The van der Waals surface area contributed by atoms with Gasteiger partial charge in [0.1, 0.15) is 0 Å². The maximum atomic E-state index is 6.25. The van der Waals surface area contributed by atoms with E-state index in [1.807, 2.05) is 25.2 Å². The van der Waals surface area contributed by atoms with E-state index >= 15 is 0 Å². The highest BCUT2D eigenvalue weighted by atomic mass is 35.5. The van der Waals surface area contributed by atoms with Crippen LogP contribution in [0.3, 0.4) is 0 Å². The molecule has 90 valence electrons. The van der Waals surface area contributed by atoms with Crippen molar-refractivity contribution in [2.75, 3.05) is 11.9 Å². The van der Waals surface area contributed by atoms with Crippen LogP contribution in [0.1, 0.15) is 10.4 Å². The minimum absolute atomic E-state index is 0.477. The predicted octanol–water partition coefficient (Wildman–Crippen LogP) is 4.78. The summed E-state index contributed by atoms with van der Waals surface area (Å²) in [6.07, 6.45) is 0. The average molecular weight is 286 g/mol. The Labute approximate surface area is 116 Å². The zero-order valence-corrected chi connectivity index (χ0v) is 11.8. The van der Waals surface area contributed by atoms with E-state index in [2.05, 4.69) is 22.4 Å². The maximum Gasteiger partial charge on any atom is 0.0642 e. The van der Waals surface area contributed by atoms with Gasteiger partial charge in [0.2, 0.25) is 0 Å². The van der Waals surface area contributed by atoms with E-state index in [0.29, 0.717) is 5.88 Å². The molecule has 1 nitrogen and oxygen atoms in total. The van der Waals surface area contributed by atoms with E-state index < -0.39 is 0 Å². The van der Waals surface area contributed by atoms with Gasteiger partial charge in [0.25, 0.3) is 0 Å². The van der Waals surface area contributed by atoms with Crippen LogP contribution < -0.4 is 4.90 Å². The Balaban J connectivity index is 2.26. The summed E-state index contributed by atoms with van der Waals surface area (Å²) < 4.78 is 0. The lowest BCUT2D eigenvalue weighted by Crippen LogP contribution is -2.17. The quantitative estimate of drug-likeness (QED) is 0.731. The van der Waals surface area contributed by atoms with Gasteiger partial charge in [0, 0.05) is 17.8 Å². The molecule has 0 saturated carbocycles. The molecular formula is C13H13Cl2NS. The molecule has 0 aliphatic heterocycles. The zero-order chi connectivity index (χ0) is 12.3. The van der Waals surface area contributed by atoms with Gasteiger partial charge in [-0.3, -0.25) is 0 Å². The molecule has 0 radical (unpaired) electrons.